The van der Waals surface area contributed by atoms with Crippen molar-refractivity contribution in [2.24, 2.45) is 0 Å². The third-order valence-corrected chi connectivity index (χ3v) is 2.66. The summed E-state index contributed by atoms with van der Waals surface area (Å²) in [5.74, 6) is -0.254. The molecule has 0 bridgehead atoms. The van der Waals surface area contributed by atoms with Gasteiger partial charge in [0.05, 0.1) is 5.92 Å². The van der Waals surface area contributed by atoms with Crippen LogP contribution in [0.15, 0.2) is 18.2 Å². The summed E-state index contributed by atoms with van der Waals surface area (Å²) in [6.07, 6.45) is 0. The van der Waals surface area contributed by atoms with Gasteiger partial charge in [0.15, 0.2) is 0 Å². The van der Waals surface area contributed by atoms with Crippen molar-refractivity contribution in [2.75, 3.05) is 11.9 Å². The Hall–Kier alpha value is -0.730. The van der Waals surface area contributed by atoms with Crippen molar-refractivity contribution in [1.82, 2.24) is 0 Å². The molecule has 1 heterocycles. The fourth-order valence-corrected chi connectivity index (χ4v) is 1.88. The van der Waals surface area contributed by atoms with E-state index < -0.39 is 0 Å². The van der Waals surface area contributed by atoms with Crippen LogP contribution in [-0.2, 0) is 4.79 Å². The molecule has 1 atom stereocenters. The van der Waals surface area contributed by atoms with E-state index in [2.05, 4.69) is 5.32 Å². The molecule has 4 heteroatoms. The molecule has 2 rings (SSSR count). The fraction of sp³-hybridized carbons (Fsp3) is 0.222. The van der Waals surface area contributed by atoms with Crippen molar-refractivity contribution in [1.29, 1.82) is 0 Å². The van der Waals surface area contributed by atoms with Gasteiger partial charge in [-0.1, -0.05) is 11.6 Å². The molecule has 1 aliphatic heterocycles. The van der Waals surface area contributed by atoms with E-state index in [0.717, 1.165) is 11.3 Å². The average molecular weight is 216 g/mol. The van der Waals surface area contributed by atoms with Gasteiger partial charge in [-0.05, 0) is 35.4 Å². The highest BCUT2D eigenvalue weighted by atomic mass is 35.5. The Morgan fingerprint density at radius 2 is 2.31 bits per heavy atom. The fourth-order valence-electron chi connectivity index (χ4n) is 1.51. The zero-order valence-corrected chi connectivity index (χ0v) is 8.19. The van der Waals surface area contributed by atoms with E-state index in [4.69, 9.17) is 23.2 Å². The first-order valence-electron chi connectivity index (χ1n) is 3.91. The third-order valence-electron chi connectivity index (χ3n) is 2.16. The lowest BCUT2D eigenvalue weighted by molar-refractivity contribution is -0.112. The van der Waals surface area contributed by atoms with Crippen LogP contribution < -0.4 is 5.32 Å². The second-order valence-corrected chi connectivity index (χ2v) is 3.78. The molecular formula is C9H7Cl2NO. The Labute approximate surface area is 85.8 Å². The molecule has 1 aliphatic rings. The maximum Gasteiger partial charge on any atom is 0.230 e. The highest BCUT2D eigenvalue weighted by Gasteiger charge is 2.27. The summed E-state index contributed by atoms with van der Waals surface area (Å²) in [5, 5.41) is 3.39. The molecule has 0 amide bonds. The van der Waals surface area contributed by atoms with Gasteiger partial charge in [0.1, 0.15) is 0 Å². The van der Waals surface area contributed by atoms with Gasteiger partial charge in [0, 0.05) is 17.3 Å². The highest BCUT2D eigenvalue weighted by molar-refractivity contribution is 6.64. The third kappa shape index (κ3) is 1.52. The first-order chi connectivity index (χ1) is 6.18. The van der Waals surface area contributed by atoms with Gasteiger partial charge in [-0.15, -0.1) is 0 Å². The van der Waals surface area contributed by atoms with Crippen LogP contribution in [0.4, 0.5) is 5.69 Å². The van der Waals surface area contributed by atoms with Gasteiger partial charge < -0.3 is 5.32 Å². The number of benzene rings is 1. The maximum absolute atomic E-state index is 11.0. The first-order valence-corrected chi connectivity index (χ1v) is 4.67. The molecule has 1 aromatic rings. The normalized spacial score (nSPS) is 19.4. The minimum atomic E-state index is -0.339. The van der Waals surface area contributed by atoms with Crippen molar-refractivity contribution in [3.05, 3.63) is 28.8 Å². The van der Waals surface area contributed by atoms with Gasteiger partial charge >= 0.3 is 0 Å². The molecule has 0 saturated carbocycles. The summed E-state index contributed by atoms with van der Waals surface area (Å²) in [5.41, 5.74) is 1.84. The minimum Gasteiger partial charge on any atom is -0.384 e. The molecule has 0 spiro atoms. The van der Waals surface area contributed by atoms with Crippen LogP contribution in [-0.4, -0.2) is 11.8 Å². The molecule has 0 aliphatic carbocycles. The molecule has 13 heavy (non-hydrogen) atoms. The lowest BCUT2D eigenvalue weighted by Gasteiger charge is -2.03. The zero-order chi connectivity index (χ0) is 9.42. The largest absolute Gasteiger partial charge is 0.384 e. The number of carbonyl (C=O) groups is 1. The summed E-state index contributed by atoms with van der Waals surface area (Å²) < 4.78 is 0. The van der Waals surface area contributed by atoms with E-state index in [0.29, 0.717) is 11.6 Å². The van der Waals surface area contributed by atoms with Gasteiger partial charge in [-0.2, -0.15) is 0 Å². The topological polar surface area (TPSA) is 29.1 Å². The molecule has 68 valence electrons. The van der Waals surface area contributed by atoms with Crippen LogP contribution in [0.25, 0.3) is 0 Å². The summed E-state index contributed by atoms with van der Waals surface area (Å²) in [6, 6.07) is 5.42. The molecule has 0 radical (unpaired) electrons. The Kier molecular flexibility index (Phi) is 2.18. The lowest BCUT2D eigenvalue weighted by atomic mass is 10.0. The van der Waals surface area contributed by atoms with E-state index >= 15 is 0 Å². The molecule has 1 unspecified atom stereocenters. The molecule has 1 N–H and O–H groups in total. The maximum atomic E-state index is 11.0. The van der Waals surface area contributed by atoms with Crippen molar-refractivity contribution in [3.63, 3.8) is 0 Å². The second-order valence-electron chi connectivity index (χ2n) is 2.97. The Morgan fingerprint density at radius 1 is 1.54 bits per heavy atom. The summed E-state index contributed by atoms with van der Waals surface area (Å²) in [6.45, 7) is 0.567. The number of halogens is 2. The Morgan fingerprint density at radius 3 is 3.00 bits per heavy atom. The van der Waals surface area contributed by atoms with Gasteiger partial charge in [0.25, 0.3) is 0 Å². The predicted molar refractivity (Wildman–Crippen MR) is 53.5 cm³/mol. The number of hydrogen-bond donors (Lipinski definition) is 1. The van der Waals surface area contributed by atoms with E-state index in [-0.39, 0.29) is 11.2 Å². The minimum absolute atomic E-state index is 0.254. The van der Waals surface area contributed by atoms with Crippen LogP contribution in [0.3, 0.4) is 0 Å². The first kappa shape index (κ1) is 8.85. The quantitative estimate of drug-likeness (QED) is 0.731. The molecule has 0 aromatic heterocycles. The number of anilines is 1. The van der Waals surface area contributed by atoms with Crippen LogP contribution in [0.1, 0.15) is 11.5 Å². The molecule has 1 aromatic carbocycles. The number of rotatable bonds is 1. The summed E-state index contributed by atoms with van der Waals surface area (Å²) >= 11 is 11.3. The van der Waals surface area contributed by atoms with Gasteiger partial charge in [0.2, 0.25) is 5.24 Å². The highest BCUT2D eigenvalue weighted by Crippen LogP contribution is 2.34. The summed E-state index contributed by atoms with van der Waals surface area (Å²) in [4.78, 5) is 11.0. The second kappa shape index (κ2) is 3.20. The van der Waals surface area contributed by atoms with Crippen molar-refractivity contribution < 1.29 is 4.79 Å². The van der Waals surface area contributed by atoms with Crippen LogP contribution in [0.2, 0.25) is 5.02 Å². The number of carbonyl (C=O) groups excluding carboxylic acids is 1. The molecule has 0 saturated heterocycles. The molecular weight excluding hydrogens is 209 g/mol. The Balaban J connectivity index is 2.46. The van der Waals surface area contributed by atoms with E-state index in [1.807, 2.05) is 6.07 Å². The smallest absolute Gasteiger partial charge is 0.230 e. The number of hydrogen-bond acceptors (Lipinski definition) is 2. The SMILES string of the molecule is O=C(Cl)C1CNc2ccc(Cl)cc21. The predicted octanol–water partition coefficient (Wildman–Crippen LogP) is 2.61. The van der Waals surface area contributed by atoms with Crippen molar-refractivity contribution >= 4 is 34.1 Å². The zero-order valence-electron chi connectivity index (χ0n) is 6.68. The van der Waals surface area contributed by atoms with Crippen LogP contribution in [0, 0.1) is 0 Å². The monoisotopic (exact) mass is 215 g/mol. The summed E-state index contributed by atoms with van der Waals surface area (Å²) in [7, 11) is 0. The number of fused-ring (bicyclic) bond motifs is 1. The Bertz CT molecular complexity index is 365. The van der Waals surface area contributed by atoms with Gasteiger partial charge in [-0.3, -0.25) is 4.79 Å². The van der Waals surface area contributed by atoms with Crippen LogP contribution in [0.5, 0.6) is 0 Å². The lowest BCUT2D eigenvalue weighted by Crippen LogP contribution is -2.08. The van der Waals surface area contributed by atoms with Crippen molar-refractivity contribution in [3.8, 4) is 0 Å². The van der Waals surface area contributed by atoms with E-state index in [9.17, 15) is 4.79 Å². The molecule has 2 nitrogen and oxygen atoms in total. The van der Waals surface area contributed by atoms with E-state index in [1.165, 1.54) is 0 Å². The van der Waals surface area contributed by atoms with E-state index in [1.54, 1.807) is 12.1 Å². The standard InChI is InChI=1S/C9H7Cl2NO/c10-5-1-2-8-6(3-5)7(4-12-8)9(11)13/h1-3,7,12H,4H2. The molecule has 0 fully saturated rings. The average Bonchev–Trinajstić information content (AvgIpc) is 2.46. The number of nitrogens with one attached hydrogen (secondary N) is 1. The van der Waals surface area contributed by atoms with Crippen molar-refractivity contribution in [2.45, 2.75) is 5.92 Å². The van der Waals surface area contributed by atoms with Gasteiger partial charge in [-0.25, -0.2) is 0 Å². The van der Waals surface area contributed by atoms with Crippen LogP contribution >= 0.6 is 23.2 Å².